The van der Waals surface area contributed by atoms with Crippen LogP contribution in [0.25, 0.3) is 0 Å². The minimum absolute atomic E-state index is 0.0113. The lowest BCUT2D eigenvalue weighted by Crippen LogP contribution is -2.31. The van der Waals surface area contributed by atoms with Crippen molar-refractivity contribution in [2.75, 3.05) is 10.6 Å². The van der Waals surface area contributed by atoms with Crippen molar-refractivity contribution in [2.24, 2.45) is 5.41 Å². The molecule has 0 amide bonds. The maximum atomic E-state index is 12.9. The van der Waals surface area contributed by atoms with Crippen LogP contribution in [0.1, 0.15) is 38.3 Å². The molecule has 1 atom stereocenters. The van der Waals surface area contributed by atoms with E-state index < -0.39 is 0 Å². The van der Waals surface area contributed by atoms with E-state index in [2.05, 4.69) is 70.7 Å². The number of ketones is 1. The van der Waals surface area contributed by atoms with Crippen molar-refractivity contribution in [2.45, 2.75) is 32.7 Å². The van der Waals surface area contributed by atoms with E-state index in [9.17, 15) is 4.79 Å². The third kappa shape index (κ3) is 3.11. The number of carbonyl (C=O) groups is 1. The summed E-state index contributed by atoms with van der Waals surface area (Å²) in [6.07, 6.45) is 1.47. The Hall–Kier alpha value is -2.07. The molecule has 4 rings (SSSR count). The maximum Gasteiger partial charge on any atom is 0.179 e. The lowest BCUT2D eigenvalue weighted by Gasteiger charge is -2.35. The van der Waals surface area contributed by atoms with Crippen molar-refractivity contribution < 1.29 is 4.79 Å². The standard InChI is InChI=1S/C21H21BrN2O/c1-21(2)11-15-19(13-7-9-14(22)10-8-13)23-16-5-3-4-6-17(16)24-20(15)18(25)12-21/h3-10,19,23-24H,11-12H2,1-2H3. The number of hydrogen-bond acceptors (Lipinski definition) is 3. The number of nitrogens with one attached hydrogen (secondary N) is 2. The number of Topliss-reactive ketones (excluding diaryl/α,β-unsaturated/α-hetero) is 1. The van der Waals surface area contributed by atoms with Crippen molar-refractivity contribution >= 4 is 33.1 Å². The average molecular weight is 397 g/mol. The van der Waals surface area contributed by atoms with Crippen LogP contribution in [-0.4, -0.2) is 5.78 Å². The van der Waals surface area contributed by atoms with Gasteiger partial charge in [-0.15, -0.1) is 0 Å². The number of benzene rings is 2. The minimum atomic E-state index is -0.0244. The van der Waals surface area contributed by atoms with Crippen LogP contribution in [0.2, 0.25) is 0 Å². The molecule has 0 aromatic heterocycles. The van der Waals surface area contributed by atoms with Gasteiger partial charge in [0.15, 0.2) is 5.78 Å². The molecular weight excluding hydrogens is 376 g/mol. The maximum absolute atomic E-state index is 12.9. The second kappa shape index (κ2) is 6.03. The normalized spacial score (nSPS) is 21.6. The number of halogens is 1. The van der Waals surface area contributed by atoms with Gasteiger partial charge in [-0.1, -0.05) is 54.0 Å². The van der Waals surface area contributed by atoms with Gasteiger partial charge < -0.3 is 10.6 Å². The summed E-state index contributed by atoms with van der Waals surface area (Å²) >= 11 is 3.51. The van der Waals surface area contributed by atoms with Crippen LogP contribution < -0.4 is 10.6 Å². The molecule has 128 valence electrons. The van der Waals surface area contributed by atoms with E-state index in [0.29, 0.717) is 6.42 Å². The molecule has 1 aliphatic heterocycles. The number of allylic oxidation sites excluding steroid dienone is 1. The van der Waals surface area contributed by atoms with Crippen LogP contribution in [0, 0.1) is 5.41 Å². The summed E-state index contributed by atoms with van der Waals surface area (Å²) in [5, 5.41) is 7.08. The topological polar surface area (TPSA) is 41.1 Å². The lowest BCUT2D eigenvalue weighted by molar-refractivity contribution is -0.118. The predicted molar refractivity (Wildman–Crippen MR) is 106 cm³/mol. The zero-order valence-electron chi connectivity index (χ0n) is 14.4. The summed E-state index contributed by atoms with van der Waals surface area (Å²) in [6, 6.07) is 16.4. The summed E-state index contributed by atoms with van der Waals surface area (Å²) < 4.78 is 1.05. The molecule has 0 spiro atoms. The molecule has 2 aliphatic rings. The summed E-state index contributed by atoms with van der Waals surface area (Å²) in [5.74, 6) is 0.201. The van der Waals surface area contributed by atoms with E-state index in [-0.39, 0.29) is 17.2 Å². The van der Waals surface area contributed by atoms with Crippen molar-refractivity contribution in [1.82, 2.24) is 0 Å². The first-order valence-electron chi connectivity index (χ1n) is 8.57. The Balaban J connectivity index is 1.88. The molecule has 0 radical (unpaired) electrons. The zero-order chi connectivity index (χ0) is 17.6. The minimum Gasteiger partial charge on any atom is -0.373 e. The highest BCUT2D eigenvalue weighted by Crippen LogP contribution is 2.46. The molecule has 1 aliphatic carbocycles. The van der Waals surface area contributed by atoms with Crippen LogP contribution in [0.3, 0.4) is 0 Å². The molecule has 0 saturated carbocycles. The zero-order valence-corrected chi connectivity index (χ0v) is 16.0. The smallest absolute Gasteiger partial charge is 0.179 e. The molecule has 0 bridgehead atoms. The second-order valence-electron chi connectivity index (χ2n) is 7.64. The highest BCUT2D eigenvalue weighted by molar-refractivity contribution is 9.10. The predicted octanol–water partition coefficient (Wildman–Crippen LogP) is 5.67. The Morgan fingerprint density at radius 2 is 1.68 bits per heavy atom. The van der Waals surface area contributed by atoms with E-state index in [1.54, 1.807) is 0 Å². The fraction of sp³-hybridized carbons (Fsp3) is 0.286. The van der Waals surface area contributed by atoms with Gasteiger partial charge in [0.25, 0.3) is 0 Å². The van der Waals surface area contributed by atoms with Gasteiger partial charge in [-0.3, -0.25) is 4.79 Å². The van der Waals surface area contributed by atoms with Crippen LogP contribution >= 0.6 is 15.9 Å². The Labute approximate surface area is 156 Å². The van der Waals surface area contributed by atoms with Crippen LogP contribution in [0.15, 0.2) is 64.3 Å². The van der Waals surface area contributed by atoms with E-state index in [0.717, 1.165) is 33.5 Å². The number of para-hydroxylation sites is 2. The molecule has 2 aromatic rings. The van der Waals surface area contributed by atoms with E-state index in [1.165, 1.54) is 5.56 Å². The number of rotatable bonds is 1. The number of hydrogen-bond donors (Lipinski definition) is 2. The molecule has 4 heteroatoms. The van der Waals surface area contributed by atoms with Crippen LogP contribution in [-0.2, 0) is 4.79 Å². The molecular formula is C21H21BrN2O. The van der Waals surface area contributed by atoms with Gasteiger partial charge in [-0.2, -0.15) is 0 Å². The molecule has 25 heavy (non-hydrogen) atoms. The Morgan fingerprint density at radius 3 is 2.40 bits per heavy atom. The number of anilines is 2. The largest absolute Gasteiger partial charge is 0.373 e. The lowest BCUT2D eigenvalue weighted by atomic mass is 9.73. The van der Waals surface area contributed by atoms with Gasteiger partial charge in [0, 0.05) is 10.9 Å². The van der Waals surface area contributed by atoms with Gasteiger partial charge in [-0.05, 0) is 47.2 Å². The van der Waals surface area contributed by atoms with Crippen molar-refractivity contribution in [1.29, 1.82) is 0 Å². The third-order valence-electron chi connectivity index (χ3n) is 4.95. The molecule has 2 N–H and O–H groups in total. The van der Waals surface area contributed by atoms with Gasteiger partial charge in [0.05, 0.1) is 23.1 Å². The van der Waals surface area contributed by atoms with Crippen molar-refractivity contribution in [3.63, 3.8) is 0 Å². The Kier molecular flexibility index (Phi) is 3.95. The first-order valence-corrected chi connectivity index (χ1v) is 9.37. The highest BCUT2D eigenvalue weighted by Gasteiger charge is 2.38. The van der Waals surface area contributed by atoms with Gasteiger partial charge in [-0.25, -0.2) is 0 Å². The second-order valence-corrected chi connectivity index (χ2v) is 8.56. The molecule has 2 aromatic carbocycles. The molecule has 0 fully saturated rings. The highest BCUT2D eigenvalue weighted by atomic mass is 79.9. The molecule has 1 heterocycles. The van der Waals surface area contributed by atoms with Crippen molar-refractivity contribution in [3.05, 3.63) is 69.8 Å². The van der Waals surface area contributed by atoms with Crippen molar-refractivity contribution in [3.8, 4) is 0 Å². The van der Waals surface area contributed by atoms with Crippen LogP contribution in [0.4, 0.5) is 11.4 Å². The Morgan fingerprint density at radius 1 is 1.00 bits per heavy atom. The number of carbonyl (C=O) groups excluding carboxylic acids is 1. The molecule has 3 nitrogen and oxygen atoms in total. The molecule has 1 unspecified atom stereocenters. The Bertz CT molecular complexity index is 868. The van der Waals surface area contributed by atoms with Gasteiger partial charge >= 0.3 is 0 Å². The summed E-state index contributed by atoms with van der Waals surface area (Å²) in [6.45, 7) is 4.34. The monoisotopic (exact) mass is 396 g/mol. The average Bonchev–Trinajstić information content (AvgIpc) is 2.72. The molecule has 0 saturated heterocycles. The first kappa shape index (κ1) is 16.4. The summed E-state index contributed by atoms with van der Waals surface area (Å²) in [4.78, 5) is 12.9. The van der Waals surface area contributed by atoms with E-state index >= 15 is 0 Å². The SMILES string of the molecule is CC1(C)CC(=O)C2=C(C1)C(c1ccc(Br)cc1)Nc1ccccc1N2. The first-order chi connectivity index (χ1) is 11.9. The van der Waals surface area contributed by atoms with E-state index in [4.69, 9.17) is 0 Å². The third-order valence-corrected chi connectivity index (χ3v) is 5.48. The van der Waals surface area contributed by atoms with Crippen LogP contribution in [0.5, 0.6) is 0 Å². The fourth-order valence-electron chi connectivity index (χ4n) is 3.80. The quantitative estimate of drug-likeness (QED) is 0.651. The summed E-state index contributed by atoms with van der Waals surface area (Å²) in [5.41, 5.74) is 5.05. The number of fused-ring (bicyclic) bond motifs is 1. The van der Waals surface area contributed by atoms with E-state index in [1.807, 2.05) is 18.2 Å². The summed E-state index contributed by atoms with van der Waals surface area (Å²) in [7, 11) is 0. The van der Waals surface area contributed by atoms with Gasteiger partial charge in [0.1, 0.15) is 0 Å². The van der Waals surface area contributed by atoms with Gasteiger partial charge in [0.2, 0.25) is 0 Å². The fourth-order valence-corrected chi connectivity index (χ4v) is 4.06.